The third kappa shape index (κ3) is 1.79. The first-order chi connectivity index (χ1) is 5.36. The maximum absolute atomic E-state index is 5.87. The lowest BCUT2D eigenvalue weighted by molar-refractivity contribution is 0.420. The SMILES string of the molecule is Clc1cccc(C2CCC2)c1.N. The smallest absolute Gasteiger partial charge is 0.0408 e. The van der Waals surface area contributed by atoms with Gasteiger partial charge in [-0.15, -0.1) is 0 Å². The average molecular weight is 184 g/mol. The fourth-order valence-corrected chi connectivity index (χ4v) is 1.70. The van der Waals surface area contributed by atoms with Gasteiger partial charge in [0.2, 0.25) is 0 Å². The van der Waals surface area contributed by atoms with E-state index in [-0.39, 0.29) is 6.15 Å². The molecule has 3 N–H and O–H groups in total. The Balaban J connectivity index is 0.000000720. The maximum atomic E-state index is 5.87. The molecule has 1 aliphatic rings. The molecule has 12 heavy (non-hydrogen) atoms. The molecule has 1 nitrogen and oxygen atoms in total. The predicted octanol–water partition coefficient (Wildman–Crippen LogP) is 3.77. The maximum Gasteiger partial charge on any atom is 0.0408 e. The van der Waals surface area contributed by atoms with Gasteiger partial charge in [0.25, 0.3) is 0 Å². The molecule has 0 saturated heterocycles. The number of benzene rings is 1. The van der Waals surface area contributed by atoms with E-state index in [1.165, 1.54) is 24.8 Å². The van der Waals surface area contributed by atoms with Crippen molar-refractivity contribution in [3.63, 3.8) is 0 Å². The molecular weight excluding hydrogens is 170 g/mol. The Bertz CT molecular complexity index is 256. The molecule has 0 aromatic heterocycles. The topological polar surface area (TPSA) is 35.0 Å². The van der Waals surface area contributed by atoms with E-state index in [1.807, 2.05) is 12.1 Å². The molecule has 0 atom stereocenters. The molecule has 1 aromatic rings. The first-order valence-corrected chi connectivity index (χ1v) is 4.49. The molecule has 1 aliphatic carbocycles. The van der Waals surface area contributed by atoms with Crippen LogP contribution in [-0.2, 0) is 0 Å². The molecule has 0 spiro atoms. The van der Waals surface area contributed by atoms with Crippen LogP contribution in [0.1, 0.15) is 30.7 Å². The van der Waals surface area contributed by atoms with Crippen molar-refractivity contribution in [2.75, 3.05) is 0 Å². The van der Waals surface area contributed by atoms with E-state index in [2.05, 4.69) is 12.1 Å². The molecule has 0 radical (unpaired) electrons. The summed E-state index contributed by atoms with van der Waals surface area (Å²) >= 11 is 5.87. The summed E-state index contributed by atoms with van der Waals surface area (Å²) in [6, 6.07) is 8.24. The molecule has 0 heterocycles. The van der Waals surface area contributed by atoms with Gasteiger partial charge in [-0.05, 0) is 36.5 Å². The second-order valence-electron chi connectivity index (χ2n) is 3.18. The van der Waals surface area contributed by atoms with E-state index in [4.69, 9.17) is 11.6 Å². The van der Waals surface area contributed by atoms with Crippen molar-refractivity contribution in [3.8, 4) is 0 Å². The molecule has 66 valence electrons. The van der Waals surface area contributed by atoms with E-state index in [0.29, 0.717) is 0 Å². The lowest BCUT2D eigenvalue weighted by atomic mass is 9.80. The van der Waals surface area contributed by atoms with Gasteiger partial charge in [0.15, 0.2) is 0 Å². The summed E-state index contributed by atoms with van der Waals surface area (Å²) in [7, 11) is 0. The van der Waals surface area contributed by atoms with E-state index in [0.717, 1.165) is 10.9 Å². The molecule has 0 amide bonds. The highest BCUT2D eigenvalue weighted by Crippen LogP contribution is 2.36. The predicted molar refractivity (Wildman–Crippen MR) is 53.1 cm³/mol. The standard InChI is InChI=1S/C10H11Cl.H3N/c11-10-6-2-5-9(7-10)8-3-1-4-8;/h2,5-8H,1,3-4H2;1H3. The fraction of sp³-hybridized carbons (Fsp3) is 0.400. The minimum atomic E-state index is 0. The highest BCUT2D eigenvalue weighted by molar-refractivity contribution is 6.30. The van der Waals surface area contributed by atoms with Crippen LogP contribution < -0.4 is 6.15 Å². The van der Waals surface area contributed by atoms with Crippen LogP contribution in [0.4, 0.5) is 0 Å². The first-order valence-electron chi connectivity index (χ1n) is 4.12. The number of hydrogen-bond donors (Lipinski definition) is 1. The minimum absolute atomic E-state index is 0. The Morgan fingerprint density at radius 3 is 2.50 bits per heavy atom. The van der Waals surface area contributed by atoms with Crippen molar-refractivity contribution in [1.29, 1.82) is 0 Å². The Hall–Kier alpha value is -0.530. The minimum Gasteiger partial charge on any atom is -0.344 e. The molecular formula is C10H14ClN. The van der Waals surface area contributed by atoms with Gasteiger partial charge >= 0.3 is 0 Å². The summed E-state index contributed by atoms with van der Waals surface area (Å²) in [5, 5.41) is 0.870. The third-order valence-electron chi connectivity index (χ3n) is 2.43. The van der Waals surface area contributed by atoms with Crippen molar-refractivity contribution in [3.05, 3.63) is 34.9 Å². The zero-order valence-corrected chi connectivity index (χ0v) is 7.85. The van der Waals surface area contributed by atoms with Crippen LogP contribution in [0, 0.1) is 0 Å². The van der Waals surface area contributed by atoms with Crippen molar-refractivity contribution >= 4 is 11.6 Å². The molecule has 2 rings (SSSR count). The quantitative estimate of drug-likeness (QED) is 0.707. The Morgan fingerprint density at radius 2 is 2.00 bits per heavy atom. The van der Waals surface area contributed by atoms with E-state index < -0.39 is 0 Å². The van der Waals surface area contributed by atoms with Crippen LogP contribution in [0.15, 0.2) is 24.3 Å². The summed E-state index contributed by atoms with van der Waals surface area (Å²) in [5.74, 6) is 0.800. The fourth-order valence-electron chi connectivity index (χ4n) is 1.50. The number of halogens is 1. The number of rotatable bonds is 1. The van der Waals surface area contributed by atoms with Crippen molar-refractivity contribution in [2.24, 2.45) is 0 Å². The van der Waals surface area contributed by atoms with E-state index in [9.17, 15) is 0 Å². The van der Waals surface area contributed by atoms with E-state index >= 15 is 0 Å². The van der Waals surface area contributed by atoms with Gasteiger partial charge in [-0.1, -0.05) is 30.2 Å². The summed E-state index contributed by atoms with van der Waals surface area (Å²) in [6.45, 7) is 0. The Kier molecular flexibility index (Phi) is 3.12. The lowest BCUT2D eigenvalue weighted by Gasteiger charge is -2.25. The van der Waals surface area contributed by atoms with Gasteiger partial charge in [0.05, 0.1) is 0 Å². The summed E-state index contributed by atoms with van der Waals surface area (Å²) < 4.78 is 0. The highest BCUT2D eigenvalue weighted by Gasteiger charge is 2.18. The third-order valence-corrected chi connectivity index (χ3v) is 2.66. The normalized spacial score (nSPS) is 16.4. The van der Waals surface area contributed by atoms with Crippen molar-refractivity contribution in [2.45, 2.75) is 25.2 Å². The highest BCUT2D eigenvalue weighted by atomic mass is 35.5. The van der Waals surface area contributed by atoms with Gasteiger partial charge in [-0.25, -0.2) is 0 Å². The monoisotopic (exact) mass is 183 g/mol. The zero-order chi connectivity index (χ0) is 7.68. The zero-order valence-electron chi connectivity index (χ0n) is 7.09. The Labute approximate surface area is 78.3 Å². The van der Waals surface area contributed by atoms with Gasteiger partial charge in [0.1, 0.15) is 0 Å². The molecule has 0 unspecified atom stereocenters. The molecule has 1 fully saturated rings. The number of hydrogen-bond acceptors (Lipinski definition) is 1. The van der Waals surface area contributed by atoms with Gasteiger partial charge in [0, 0.05) is 5.02 Å². The molecule has 2 heteroatoms. The second-order valence-corrected chi connectivity index (χ2v) is 3.62. The lowest BCUT2D eigenvalue weighted by Crippen LogP contribution is -2.08. The molecule has 1 aromatic carbocycles. The van der Waals surface area contributed by atoms with Crippen LogP contribution in [0.2, 0.25) is 5.02 Å². The Morgan fingerprint density at radius 1 is 1.25 bits per heavy atom. The largest absolute Gasteiger partial charge is 0.344 e. The molecule has 0 aliphatic heterocycles. The average Bonchev–Trinajstić information content (AvgIpc) is 1.83. The van der Waals surface area contributed by atoms with Crippen LogP contribution in [0.3, 0.4) is 0 Å². The van der Waals surface area contributed by atoms with Crippen LogP contribution in [-0.4, -0.2) is 0 Å². The molecule has 1 saturated carbocycles. The van der Waals surface area contributed by atoms with Crippen LogP contribution in [0.5, 0.6) is 0 Å². The van der Waals surface area contributed by atoms with Crippen LogP contribution >= 0.6 is 11.6 Å². The van der Waals surface area contributed by atoms with Crippen LogP contribution in [0.25, 0.3) is 0 Å². The first kappa shape index (κ1) is 9.56. The van der Waals surface area contributed by atoms with E-state index in [1.54, 1.807) is 0 Å². The van der Waals surface area contributed by atoms with Crippen molar-refractivity contribution < 1.29 is 0 Å². The summed E-state index contributed by atoms with van der Waals surface area (Å²) in [5.41, 5.74) is 1.42. The summed E-state index contributed by atoms with van der Waals surface area (Å²) in [6.07, 6.45) is 4.08. The van der Waals surface area contributed by atoms with Gasteiger partial charge in [-0.2, -0.15) is 0 Å². The van der Waals surface area contributed by atoms with Gasteiger partial charge < -0.3 is 6.15 Å². The molecule has 0 bridgehead atoms. The van der Waals surface area contributed by atoms with Gasteiger partial charge in [-0.3, -0.25) is 0 Å². The van der Waals surface area contributed by atoms with Crippen molar-refractivity contribution in [1.82, 2.24) is 6.15 Å². The second kappa shape index (κ2) is 3.92. The summed E-state index contributed by atoms with van der Waals surface area (Å²) in [4.78, 5) is 0.